The Hall–Kier alpha value is -0.240. The van der Waals surface area contributed by atoms with Crippen LogP contribution in [0.15, 0.2) is 0 Å². The van der Waals surface area contributed by atoms with Gasteiger partial charge in [-0.05, 0) is 26.7 Å². The highest BCUT2D eigenvalue weighted by Crippen LogP contribution is 2.42. The van der Waals surface area contributed by atoms with Crippen LogP contribution in [-0.2, 0) is 28.4 Å². The first-order valence-corrected chi connectivity index (χ1v) is 9.94. The molecule has 2 unspecified atom stereocenters. The summed E-state index contributed by atoms with van der Waals surface area (Å²) in [6.07, 6.45) is 6.60. The van der Waals surface area contributed by atoms with Crippen molar-refractivity contribution in [2.75, 3.05) is 28.4 Å². The molecule has 6 nitrogen and oxygen atoms in total. The molecule has 2 aliphatic carbocycles. The van der Waals surface area contributed by atoms with Crippen LogP contribution in [0, 0.1) is 11.8 Å². The molecule has 0 aromatic rings. The van der Waals surface area contributed by atoms with E-state index in [4.69, 9.17) is 28.4 Å². The second kappa shape index (κ2) is 8.84. The molecule has 2 saturated heterocycles. The summed E-state index contributed by atoms with van der Waals surface area (Å²) in [5, 5.41) is 0. The Balaban J connectivity index is 0.000000151. The number of ether oxygens (including phenoxy) is 6. The first kappa shape index (κ1) is 20.5. The summed E-state index contributed by atoms with van der Waals surface area (Å²) in [7, 11) is 7.07. The van der Waals surface area contributed by atoms with Crippen molar-refractivity contribution >= 4 is 0 Å². The Morgan fingerprint density at radius 1 is 0.538 bits per heavy atom. The number of hydrogen-bond donors (Lipinski definition) is 0. The molecule has 0 aromatic carbocycles. The van der Waals surface area contributed by atoms with Gasteiger partial charge in [-0.2, -0.15) is 0 Å². The highest BCUT2D eigenvalue weighted by molar-refractivity contribution is 4.99. The third kappa shape index (κ3) is 3.96. The molecule has 6 heteroatoms. The summed E-state index contributed by atoms with van der Waals surface area (Å²) in [5.74, 6) is 1.09. The van der Waals surface area contributed by atoms with Crippen molar-refractivity contribution in [3.05, 3.63) is 0 Å². The highest BCUT2D eigenvalue weighted by Gasteiger charge is 2.50. The number of rotatable bonds is 4. The molecular weight excluding hydrogens is 336 g/mol. The van der Waals surface area contributed by atoms with E-state index in [-0.39, 0.29) is 24.4 Å². The fourth-order valence-corrected chi connectivity index (χ4v) is 5.42. The van der Waals surface area contributed by atoms with Gasteiger partial charge in [0.1, 0.15) is 0 Å². The smallest absolute Gasteiger partial charge is 0.0894 e. The van der Waals surface area contributed by atoms with Gasteiger partial charge < -0.3 is 28.4 Å². The average molecular weight is 373 g/mol. The summed E-state index contributed by atoms with van der Waals surface area (Å²) >= 11 is 0. The van der Waals surface area contributed by atoms with Gasteiger partial charge in [0.15, 0.2) is 0 Å². The van der Waals surface area contributed by atoms with Crippen LogP contribution in [0.5, 0.6) is 0 Å². The SMILES string of the molecule is COC1C[C@@H](OC)[C@@H]2O[C@H](C)CC12.CO[C@@H]1C[C@@H](OC)[C@H]2O[C@H](C)C[C@H]21. The molecule has 4 fully saturated rings. The van der Waals surface area contributed by atoms with E-state index in [2.05, 4.69) is 13.8 Å². The van der Waals surface area contributed by atoms with Crippen LogP contribution >= 0.6 is 0 Å². The fourth-order valence-electron chi connectivity index (χ4n) is 5.42. The molecule has 10 atom stereocenters. The molecule has 2 heterocycles. The summed E-state index contributed by atoms with van der Waals surface area (Å²) in [6, 6.07) is 0. The normalized spacial score (nSPS) is 49.6. The zero-order chi connectivity index (χ0) is 18.8. The number of methoxy groups -OCH3 is 4. The second-order valence-corrected chi connectivity index (χ2v) is 8.19. The van der Waals surface area contributed by atoms with Gasteiger partial charge >= 0.3 is 0 Å². The molecule has 0 spiro atoms. The zero-order valence-electron chi connectivity index (χ0n) is 17.1. The van der Waals surface area contributed by atoms with E-state index in [1.165, 1.54) is 0 Å². The minimum atomic E-state index is 0.236. The van der Waals surface area contributed by atoms with Gasteiger partial charge in [0.2, 0.25) is 0 Å². The lowest BCUT2D eigenvalue weighted by atomic mass is 10.00. The van der Waals surface area contributed by atoms with E-state index in [1.807, 2.05) is 0 Å². The molecule has 4 rings (SSSR count). The van der Waals surface area contributed by atoms with E-state index in [0.717, 1.165) is 25.7 Å². The Bertz CT molecular complexity index is 370. The Morgan fingerprint density at radius 3 is 1.19 bits per heavy atom. The molecule has 2 aliphatic heterocycles. The molecule has 0 bridgehead atoms. The van der Waals surface area contributed by atoms with E-state index < -0.39 is 0 Å². The molecular formula is C20H36O6. The van der Waals surface area contributed by atoms with Crippen LogP contribution < -0.4 is 0 Å². The van der Waals surface area contributed by atoms with E-state index in [0.29, 0.717) is 36.3 Å². The predicted molar refractivity (Wildman–Crippen MR) is 97.3 cm³/mol. The molecule has 0 amide bonds. The van der Waals surface area contributed by atoms with E-state index in [9.17, 15) is 0 Å². The van der Waals surface area contributed by atoms with Crippen molar-refractivity contribution in [2.45, 2.75) is 88.4 Å². The van der Waals surface area contributed by atoms with Crippen LogP contribution in [0.25, 0.3) is 0 Å². The molecule has 2 saturated carbocycles. The van der Waals surface area contributed by atoms with Crippen molar-refractivity contribution in [1.82, 2.24) is 0 Å². The van der Waals surface area contributed by atoms with Gasteiger partial charge in [-0.3, -0.25) is 0 Å². The van der Waals surface area contributed by atoms with E-state index >= 15 is 0 Å². The lowest BCUT2D eigenvalue weighted by Crippen LogP contribution is -2.26. The maximum Gasteiger partial charge on any atom is 0.0894 e. The van der Waals surface area contributed by atoms with Crippen molar-refractivity contribution in [3.63, 3.8) is 0 Å². The van der Waals surface area contributed by atoms with Gasteiger partial charge in [-0.1, -0.05) is 0 Å². The third-order valence-electron chi connectivity index (χ3n) is 6.66. The molecule has 26 heavy (non-hydrogen) atoms. The van der Waals surface area contributed by atoms with Crippen LogP contribution in [0.3, 0.4) is 0 Å². The molecule has 152 valence electrons. The van der Waals surface area contributed by atoms with Gasteiger partial charge in [0.25, 0.3) is 0 Å². The van der Waals surface area contributed by atoms with Crippen LogP contribution in [0.4, 0.5) is 0 Å². The Labute approximate surface area is 157 Å². The largest absolute Gasteiger partial charge is 0.381 e. The summed E-state index contributed by atoms with van der Waals surface area (Å²) < 4.78 is 33.3. The monoisotopic (exact) mass is 372 g/mol. The summed E-state index contributed by atoms with van der Waals surface area (Å²) in [6.45, 7) is 4.25. The third-order valence-corrected chi connectivity index (χ3v) is 6.66. The first-order valence-electron chi connectivity index (χ1n) is 9.94. The van der Waals surface area contributed by atoms with Crippen LogP contribution in [0.1, 0.15) is 39.5 Å². The lowest BCUT2D eigenvalue weighted by molar-refractivity contribution is -0.0407. The summed E-state index contributed by atoms with van der Waals surface area (Å²) in [4.78, 5) is 0. The zero-order valence-corrected chi connectivity index (χ0v) is 17.1. The van der Waals surface area contributed by atoms with E-state index in [1.54, 1.807) is 28.4 Å². The fraction of sp³-hybridized carbons (Fsp3) is 1.00. The van der Waals surface area contributed by atoms with Crippen molar-refractivity contribution in [3.8, 4) is 0 Å². The average Bonchev–Trinajstić information content (AvgIpc) is 3.34. The van der Waals surface area contributed by atoms with Crippen molar-refractivity contribution in [2.24, 2.45) is 11.8 Å². The lowest BCUT2D eigenvalue weighted by Gasteiger charge is -2.16. The molecule has 0 radical (unpaired) electrons. The Kier molecular flexibility index (Phi) is 6.97. The van der Waals surface area contributed by atoms with Gasteiger partial charge in [-0.25, -0.2) is 0 Å². The predicted octanol–water partition coefficient (Wildman–Crippen LogP) is 2.43. The number of hydrogen-bond acceptors (Lipinski definition) is 6. The summed E-state index contributed by atoms with van der Waals surface area (Å²) in [5.41, 5.74) is 0. The highest BCUT2D eigenvalue weighted by atomic mass is 16.6. The van der Waals surface area contributed by atoms with Gasteiger partial charge in [-0.15, -0.1) is 0 Å². The molecule has 4 aliphatic rings. The van der Waals surface area contributed by atoms with Gasteiger partial charge in [0.05, 0.1) is 48.8 Å². The van der Waals surface area contributed by atoms with Crippen LogP contribution in [0.2, 0.25) is 0 Å². The van der Waals surface area contributed by atoms with Crippen molar-refractivity contribution in [1.29, 1.82) is 0 Å². The van der Waals surface area contributed by atoms with Gasteiger partial charge in [0, 0.05) is 53.1 Å². The topological polar surface area (TPSA) is 55.4 Å². The van der Waals surface area contributed by atoms with Crippen LogP contribution in [-0.4, -0.2) is 77.3 Å². The molecule has 0 aromatic heterocycles. The Morgan fingerprint density at radius 2 is 0.885 bits per heavy atom. The minimum Gasteiger partial charge on any atom is -0.381 e. The number of fused-ring (bicyclic) bond motifs is 2. The maximum absolute atomic E-state index is 5.82. The second-order valence-electron chi connectivity index (χ2n) is 8.19. The molecule has 0 N–H and O–H groups in total. The first-order chi connectivity index (χ1) is 12.5. The minimum absolute atomic E-state index is 0.236. The standard InChI is InChI=1S/2C10H18O3/c2*1-6-4-7-8(11-2)5-9(12-3)10(7)13-6/h2*6-10H,4-5H2,1-3H3/t6-,7?,8?,9-,10-;6-,7+,8-,9-,10+/m11/s1. The quantitative estimate of drug-likeness (QED) is 0.755. The maximum atomic E-state index is 5.82. The van der Waals surface area contributed by atoms with Crippen molar-refractivity contribution < 1.29 is 28.4 Å².